The summed E-state index contributed by atoms with van der Waals surface area (Å²) in [6.07, 6.45) is 9.82. The van der Waals surface area contributed by atoms with E-state index < -0.39 is 0 Å². The van der Waals surface area contributed by atoms with Crippen LogP contribution >= 0.6 is 0 Å². The highest BCUT2D eigenvalue weighted by atomic mass is 16.3. The van der Waals surface area contributed by atoms with E-state index in [0.717, 1.165) is 62.9 Å². The van der Waals surface area contributed by atoms with E-state index in [1.165, 1.54) is 11.1 Å². The average molecular weight is 559 g/mol. The maximum absolute atomic E-state index is 12.5. The maximum atomic E-state index is 12.5. The second kappa shape index (κ2) is 12.8. The first kappa shape index (κ1) is 30.2. The number of amides is 2. The second-order valence-electron chi connectivity index (χ2n) is 10.5. The quantitative estimate of drug-likeness (QED) is 0.290. The van der Waals surface area contributed by atoms with E-state index in [4.69, 9.17) is 0 Å². The van der Waals surface area contributed by atoms with Crippen LogP contribution in [0.1, 0.15) is 87.0 Å². The molecule has 218 valence electrons. The minimum absolute atomic E-state index is 0.0571. The molecule has 4 heterocycles. The fraction of sp³-hybridized carbons (Fsp3) is 0.424. The van der Waals surface area contributed by atoms with E-state index >= 15 is 0 Å². The van der Waals surface area contributed by atoms with Crippen LogP contribution in [0.4, 0.5) is 0 Å². The molecule has 2 aromatic rings. The van der Waals surface area contributed by atoms with Gasteiger partial charge in [-0.1, -0.05) is 27.7 Å². The third-order valence-corrected chi connectivity index (χ3v) is 8.26. The van der Waals surface area contributed by atoms with Crippen LogP contribution in [0.25, 0.3) is 18.2 Å². The Morgan fingerprint density at radius 2 is 1.34 bits per heavy atom. The number of aromatic nitrogens is 2. The van der Waals surface area contributed by atoms with Gasteiger partial charge in [0.1, 0.15) is 0 Å². The number of rotatable bonds is 11. The summed E-state index contributed by atoms with van der Waals surface area (Å²) in [4.78, 5) is 36.5. The summed E-state index contributed by atoms with van der Waals surface area (Å²) < 4.78 is 0. The number of carbonyl (C=O) groups excluding carboxylic acids is 2. The minimum Gasteiger partial charge on any atom is -0.396 e. The number of nitrogens with one attached hydrogen (secondary N) is 3. The molecule has 2 aliphatic heterocycles. The molecule has 8 heteroatoms. The molecule has 0 unspecified atom stereocenters. The Labute approximate surface area is 241 Å². The topological polar surface area (TPSA) is 131 Å². The summed E-state index contributed by atoms with van der Waals surface area (Å²) in [7, 11) is 0. The van der Waals surface area contributed by atoms with Crippen LogP contribution in [0.2, 0.25) is 0 Å². The number of aliphatic imine (C=N–C) groups is 1. The van der Waals surface area contributed by atoms with Gasteiger partial charge in [0, 0.05) is 65.0 Å². The van der Waals surface area contributed by atoms with Crippen molar-refractivity contribution in [1.82, 2.24) is 15.3 Å². The van der Waals surface area contributed by atoms with Crippen LogP contribution in [-0.2, 0) is 22.4 Å². The molecule has 0 aliphatic carbocycles. The number of nitrogens with zero attached hydrogens (tertiary/aromatic N) is 1. The number of aromatic amines is 2. The molecule has 8 nitrogen and oxygen atoms in total. The zero-order valence-electron chi connectivity index (χ0n) is 25.0. The summed E-state index contributed by atoms with van der Waals surface area (Å²) in [6, 6.07) is 0. The Kier molecular flexibility index (Phi) is 9.46. The lowest BCUT2D eigenvalue weighted by atomic mass is 10.0. The molecular weight excluding hydrogens is 516 g/mol. The SMILES string of the molecule is CCC1=C(CCO)C(=O)N=C1/C=c1\[nH]/c(=C/c2[nH]c(/C=C3\NC(=O)C(CCO)=C3CC)c(C)c2CC)c(CC)c1C. The average Bonchev–Trinajstić information content (AvgIpc) is 3.61. The van der Waals surface area contributed by atoms with Crippen LogP contribution in [-0.4, -0.2) is 50.9 Å². The molecule has 0 spiro atoms. The summed E-state index contributed by atoms with van der Waals surface area (Å²) in [5.74, 6) is -0.391. The van der Waals surface area contributed by atoms with Crippen LogP contribution in [0.3, 0.4) is 0 Å². The summed E-state index contributed by atoms with van der Waals surface area (Å²) in [5, 5.41) is 23.7. The van der Waals surface area contributed by atoms with Gasteiger partial charge in [-0.05, 0) is 91.2 Å². The van der Waals surface area contributed by atoms with Gasteiger partial charge < -0.3 is 25.5 Å². The number of hydrogen-bond acceptors (Lipinski definition) is 4. The summed E-state index contributed by atoms with van der Waals surface area (Å²) in [5.41, 5.74) is 11.2. The Morgan fingerprint density at radius 3 is 1.95 bits per heavy atom. The standard InChI is InChI=1S/C33H42N4O4/c1-7-20-18(5)26(15-30-22(9-3)24(11-13-38)32(40)36-30)34-28(20)17-29-21(8-2)19(6)27(35-29)16-31-23(10-4)25(12-14-39)33(41)37-31/h15-17,34-35,38-39H,7-14H2,1-6H3,(H,36,40)/b27-16-,29-17+,30-15-. The van der Waals surface area contributed by atoms with Crippen molar-refractivity contribution in [2.24, 2.45) is 4.99 Å². The van der Waals surface area contributed by atoms with Gasteiger partial charge in [-0.3, -0.25) is 9.59 Å². The first-order valence-corrected chi connectivity index (χ1v) is 14.7. The first-order chi connectivity index (χ1) is 19.7. The van der Waals surface area contributed by atoms with Gasteiger partial charge in [-0.15, -0.1) is 0 Å². The Morgan fingerprint density at radius 1 is 0.683 bits per heavy atom. The van der Waals surface area contributed by atoms with E-state index in [1.54, 1.807) is 0 Å². The van der Waals surface area contributed by atoms with Gasteiger partial charge in [-0.2, -0.15) is 0 Å². The van der Waals surface area contributed by atoms with Crippen LogP contribution in [0, 0.1) is 13.8 Å². The molecule has 2 aromatic heterocycles. The molecule has 0 aromatic carbocycles. The van der Waals surface area contributed by atoms with Gasteiger partial charge in [0.05, 0.1) is 5.71 Å². The van der Waals surface area contributed by atoms with Crippen LogP contribution < -0.4 is 16.0 Å². The fourth-order valence-corrected chi connectivity index (χ4v) is 6.12. The number of carbonyl (C=O) groups is 2. The lowest BCUT2D eigenvalue weighted by Gasteiger charge is -2.04. The molecule has 5 N–H and O–H groups in total. The second-order valence-corrected chi connectivity index (χ2v) is 10.5. The summed E-state index contributed by atoms with van der Waals surface area (Å²) >= 11 is 0. The smallest absolute Gasteiger partial charge is 0.273 e. The first-order valence-electron chi connectivity index (χ1n) is 14.7. The molecule has 0 bridgehead atoms. The zero-order valence-corrected chi connectivity index (χ0v) is 25.0. The maximum Gasteiger partial charge on any atom is 0.273 e. The molecule has 2 amide bonds. The Bertz CT molecular complexity index is 1630. The molecule has 0 radical (unpaired) electrons. The highest BCUT2D eigenvalue weighted by Gasteiger charge is 2.26. The molecular formula is C33H42N4O4. The van der Waals surface area contributed by atoms with E-state index in [-0.39, 0.29) is 25.0 Å². The third kappa shape index (κ3) is 5.72. The van der Waals surface area contributed by atoms with Crippen molar-refractivity contribution in [2.75, 3.05) is 13.2 Å². The normalized spacial score (nSPS) is 17.7. The largest absolute Gasteiger partial charge is 0.396 e. The van der Waals surface area contributed by atoms with Crippen molar-refractivity contribution in [2.45, 2.75) is 80.1 Å². The van der Waals surface area contributed by atoms with Gasteiger partial charge >= 0.3 is 0 Å². The van der Waals surface area contributed by atoms with Gasteiger partial charge in [0.15, 0.2) is 0 Å². The molecule has 4 rings (SSSR count). The van der Waals surface area contributed by atoms with E-state index in [9.17, 15) is 19.8 Å². The van der Waals surface area contributed by atoms with Crippen molar-refractivity contribution in [3.8, 4) is 0 Å². The molecule has 0 saturated heterocycles. The van der Waals surface area contributed by atoms with Gasteiger partial charge in [-0.25, -0.2) is 4.99 Å². The minimum atomic E-state index is -0.257. The van der Waals surface area contributed by atoms with Gasteiger partial charge in [0.25, 0.3) is 11.8 Å². The van der Waals surface area contributed by atoms with Crippen molar-refractivity contribution in [3.63, 3.8) is 0 Å². The van der Waals surface area contributed by atoms with E-state index in [2.05, 4.69) is 54.0 Å². The zero-order chi connectivity index (χ0) is 29.8. The fourth-order valence-electron chi connectivity index (χ4n) is 6.12. The molecule has 0 fully saturated rings. The summed E-state index contributed by atoms with van der Waals surface area (Å²) in [6.45, 7) is 12.3. The lowest BCUT2D eigenvalue weighted by Crippen LogP contribution is -2.16. The number of allylic oxidation sites excluding steroid dienone is 2. The van der Waals surface area contributed by atoms with E-state index in [0.29, 0.717) is 42.5 Å². The number of H-pyrrole nitrogens is 2. The molecule has 0 atom stereocenters. The van der Waals surface area contributed by atoms with Crippen molar-refractivity contribution < 1.29 is 19.8 Å². The van der Waals surface area contributed by atoms with E-state index in [1.807, 2.05) is 26.0 Å². The Balaban J connectivity index is 1.82. The molecule has 0 saturated carbocycles. The lowest BCUT2D eigenvalue weighted by molar-refractivity contribution is -0.116. The third-order valence-electron chi connectivity index (χ3n) is 8.26. The Hall–Kier alpha value is -3.75. The van der Waals surface area contributed by atoms with Crippen molar-refractivity contribution in [1.29, 1.82) is 0 Å². The highest BCUT2D eigenvalue weighted by molar-refractivity contribution is 6.31. The number of hydrogen-bond donors (Lipinski definition) is 5. The van der Waals surface area contributed by atoms with Crippen molar-refractivity contribution in [3.05, 3.63) is 72.3 Å². The van der Waals surface area contributed by atoms with Crippen molar-refractivity contribution >= 4 is 35.8 Å². The number of aliphatic hydroxyl groups is 2. The predicted octanol–water partition coefficient (Wildman–Crippen LogP) is 3.32. The monoisotopic (exact) mass is 558 g/mol. The highest BCUT2D eigenvalue weighted by Crippen LogP contribution is 2.29. The van der Waals surface area contributed by atoms with Gasteiger partial charge in [0.2, 0.25) is 0 Å². The molecule has 41 heavy (non-hydrogen) atoms. The van der Waals surface area contributed by atoms with Crippen LogP contribution in [0.15, 0.2) is 33.0 Å². The molecule has 2 aliphatic rings. The number of aliphatic hydroxyl groups excluding tert-OH is 2. The van der Waals surface area contributed by atoms with Crippen LogP contribution in [0.5, 0.6) is 0 Å². The predicted molar refractivity (Wildman–Crippen MR) is 164 cm³/mol.